The summed E-state index contributed by atoms with van der Waals surface area (Å²) in [5, 5.41) is 10.6. The predicted octanol–water partition coefficient (Wildman–Crippen LogP) is 5.40. The monoisotopic (exact) mass is 680 g/mol. The van der Waals surface area contributed by atoms with Crippen LogP contribution in [-0.4, -0.2) is 74.5 Å². The van der Waals surface area contributed by atoms with Gasteiger partial charge in [-0.25, -0.2) is 0 Å². The summed E-state index contributed by atoms with van der Waals surface area (Å²) in [4.78, 5) is 46.6. The molecule has 0 aliphatic carbocycles. The van der Waals surface area contributed by atoms with Gasteiger partial charge >= 0.3 is 5.97 Å². The summed E-state index contributed by atoms with van der Waals surface area (Å²) >= 11 is 5.40. The Labute approximate surface area is 272 Å². The maximum Gasteiger partial charge on any atom is 0.310 e. The maximum absolute atomic E-state index is 15.0. The molecule has 0 radical (unpaired) electrons. The minimum atomic E-state index is -0.894. The van der Waals surface area contributed by atoms with Crippen molar-refractivity contribution in [2.75, 3.05) is 24.7 Å². The fourth-order valence-electron chi connectivity index (χ4n) is 7.24. The molecular formula is C35H41BrN2O5S. The second-order valence-corrected chi connectivity index (χ2v) is 14.8. The molecule has 3 unspecified atom stereocenters. The average Bonchev–Trinajstić information content (AvgIpc) is 3.61. The quantitative estimate of drug-likeness (QED) is 0.132. The number of esters is 1. The zero-order valence-electron chi connectivity index (χ0n) is 25.4. The molecule has 2 aromatic carbocycles. The number of alkyl halides is 1. The Bertz CT molecular complexity index is 1420. The number of thioether (sulfide) groups is 1. The highest BCUT2D eigenvalue weighted by Gasteiger charge is 2.76. The first-order valence-corrected chi connectivity index (χ1v) is 17.0. The Morgan fingerprint density at radius 3 is 2.64 bits per heavy atom. The molecule has 1 N–H and O–H groups in total. The minimum Gasteiger partial charge on any atom is -0.465 e. The number of aliphatic hydroxyl groups excluding tert-OH is 1. The smallest absolute Gasteiger partial charge is 0.310 e. The van der Waals surface area contributed by atoms with Gasteiger partial charge in [0.25, 0.3) is 5.91 Å². The number of hydrogen-bond acceptors (Lipinski definition) is 6. The molecule has 234 valence electrons. The van der Waals surface area contributed by atoms with Crippen LogP contribution in [0.2, 0.25) is 0 Å². The summed E-state index contributed by atoms with van der Waals surface area (Å²) in [6.45, 7) is 11.8. The van der Waals surface area contributed by atoms with Crippen LogP contribution in [0.25, 0.3) is 0 Å². The number of hydrogen-bond donors (Lipinski definition) is 1. The van der Waals surface area contributed by atoms with Gasteiger partial charge in [0.05, 0.1) is 35.8 Å². The molecular weight excluding hydrogens is 640 g/mol. The van der Waals surface area contributed by atoms with Crippen LogP contribution in [0.3, 0.4) is 0 Å². The number of carbonyl (C=O) groups is 3. The summed E-state index contributed by atoms with van der Waals surface area (Å²) in [6, 6.07) is 14.1. The van der Waals surface area contributed by atoms with Crippen LogP contribution in [0.5, 0.6) is 0 Å². The first-order valence-electron chi connectivity index (χ1n) is 15.2. The van der Waals surface area contributed by atoms with E-state index in [-0.39, 0.29) is 41.6 Å². The lowest BCUT2D eigenvalue weighted by molar-refractivity contribution is -0.154. The topological polar surface area (TPSA) is 87.1 Å². The highest BCUT2D eigenvalue weighted by atomic mass is 79.9. The molecule has 3 aliphatic heterocycles. The molecule has 0 aromatic heterocycles. The number of amides is 2. The van der Waals surface area contributed by atoms with E-state index < -0.39 is 34.6 Å². The Balaban J connectivity index is 1.60. The van der Waals surface area contributed by atoms with Crippen molar-refractivity contribution in [1.29, 1.82) is 0 Å². The standard InChI is InChI=1S/C35H41BrN2O5S/c1-5-7-11-17-43-34(42)28-29-32(40)38(25(21-39)19-24-12-9-8-10-13-24)31(35(29)20-26(36)30(28)44-35)33(41)37(16-6-2)27-18-22(3)14-15-23(27)4/h5-6,8-10,12-15,18,25-26,28-31,39H,1-2,7,11,16-17,19-21H2,3-4H3/t25-,26?,28+,29+,30+,31?,35?/m1/s1. The van der Waals surface area contributed by atoms with E-state index in [9.17, 15) is 14.7 Å². The van der Waals surface area contributed by atoms with Gasteiger partial charge in [-0.15, -0.1) is 24.9 Å². The number of halogens is 1. The largest absolute Gasteiger partial charge is 0.465 e. The van der Waals surface area contributed by atoms with Gasteiger partial charge in [0.1, 0.15) is 6.04 Å². The fraction of sp³-hybridized carbons (Fsp3) is 0.457. The van der Waals surface area contributed by atoms with Gasteiger partial charge in [-0.05, 0) is 62.3 Å². The zero-order chi connectivity index (χ0) is 31.6. The number of fused-ring (bicyclic) bond motifs is 1. The first-order chi connectivity index (χ1) is 21.2. The molecule has 9 heteroatoms. The molecule has 3 aliphatic rings. The van der Waals surface area contributed by atoms with Crippen molar-refractivity contribution in [2.45, 2.75) is 66.4 Å². The van der Waals surface area contributed by atoms with Gasteiger partial charge in [0.2, 0.25) is 5.91 Å². The number of rotatable bonds is 13. The summed E-state index contributed by atoms with van der Waals surface area (Å²) in [7, 11) is 0. The Kier molecular flexibility index (Phi) is 10.1. The number of likely N-dealkylation sites (tertiary alicyclic amines) is 1. The van der Waals surface area contributed by atoms with Gasteiger partial charge in [-0.1, -0.05) is 70.5 Å². The van der Waals surface area contributed by atoms with Crippen molar-refractivity contribution in [2.24, 2.45) is 11.8 Å². The Morgan fingerprint density at radius 1 is 1.20 bits per heavy atom. The molecule has 3 fully saturated rings. The second kappa shape index (κ2) is 13.6. The number of aryl methyl sites for hydroxylation is 2. The Hall–Kier alpha value is -2.88. The van der Waals surface area contributed by atoms with Crippen LogP contribution >= 0.6 is 27.7 Å². The molecule has 7 atom stereocenters. The SMILES string of the molecule is C=CCCCOC(=O)[C@H]1[C@H]2C(=O)N([C@@H](CO)Cc3ccccc3)C(C(=O)N(CC=C)c3cc(C)ccc3C)C23CC(Br)[C@@H]1S3. The van der Waals surface area contributed by atoms with Crippen LogP contribution in [0, 0.1) is 25.7 Å². The highest BCUT2D eigenvalue weighted by Crippen LogP contribution is 2.68. The van der Waals surface area contributed by atoms with Gasteiger partial charge in [0, 0.05) is 22.3 Å². The number of carbonyl (C=O) groups excluding carboxylic acids is 3. The second-order valence-electron chi connectivity index (χ2n) is 12.1. The molecule has 2 bridgehead atoms. The third-order valence-electron chi connectivity index (χ3n) is 9.18. The van der Waals surface area contributed by atoms with E-state index in [1.165, 1.54) is 0 Å². The minimum absolute atomic E-state index is 0.0761. The average molecular weight is 682 g/mol. The van der Waals surface area contributed by atoms with Crippen molar-refractivity contribution in [1.82, 2.24) is 4.90 Å². The maximum atomic E-state index is 15.0. The molecule has 3 heterocycles. The number of aliphatic hydroxyl groups is 1. The number of anilines is 1. The molecule has 0 saturated carbocycles. The summed E-state index contributed by atoms with van der Waals surface area (Å²) in [6.07, 6.45) is 5.78. The first kappa shape index (κ1) is 32.5. The molecule has 7 nitrogen and oxygen atoms in total. The lowest BCUT2D eigenvalue weighted by Crippen LogP contribution is -2.58. The fourth-order valence-corrected chi connectivity index (χ4v) is 10.8. The summed E-state index contributed by atoms with van der Waals surface area (Å²) in [5.74, 6) is -2.32. The summed E-state index contributed by atoms with van der Waals surface area (Å²) in [5.41, 5.74) is 3.65. The van der Waals surface area contributed by atoms with E-state index in [0.29, 0.717) is 19.3 Å². The van der Waals surface area contributed by atoms with Crippen molar-refractivity contribution in [3.8, 4) is 0 Å². The number of benzene rings is 2. The van der Waals surface area contributed by atoms with Crippen LogP contribution in [0.15, 0.2) is 73.8 Å². The molecule has 2 amide bonds. The van der Waals surface area contributed by atoms with Gasteiger partial charge in [0.15, 0.2) is 0 Å². The van der Waals surface area contributed by atoms with Gasteiger partial charge < -0.3 is 19.6 Å². The number of allylic oxidation sites excluding steroid dienone is 1. The van der Waals surface area contributed by atoms with Crippen molar-refractivity contribution >= 4 is 51.2 Å². The molecule has 2 aromatic rings. The number of ether oxygens (including phenoxy) is 1. The lowest BCUT2D eigenvalue weighted by atomic mass is 9.71. The van der Waals surface area contributed by atoms with E-state index in [1.807, 2.05) is 62.4 Å². The van der Waals surface area contributed by atoms with Gasteiger partial charge in [-0.2, -0.15) is 0 Å². The van der Waals surface area contributed by atoms with E-state index in [4.69, 9.17) is 4.74 Å². The highest BCUT2D eigenvalue weighted by molar-refractivity contribution is 9.09. The van der Waals surface area contributed by atoms with E-state index in [1.54, 1.807) is 33.7 Å². The lowest BCUT2D eigenvalue weighted by Gasteiger charge is -2.40. The number of nitrogens with zero attached hydrogens (tertiary/aromatic N) is 2. The third kappa shape index (κ3) is 5.79. The molecule has 1 spiro atoms. The van der Waals surface area contributed by atoms with Crippen LogP contribution in [0.4, 0.5) is 5.69 Å². The van der Waals surface area contributed by atoms with E-state index in [2.05, 4.69) is 29.1 Å². The molecule has 44 heavy (non-hydrogen) atoms. The summed E-state index contributed by atoms with van der Waals surface area (Å²) < 4.78 is 4.87. The van der Waals surface area contributed by atoms with Crippen molar-refractivity contribution in [3.63, 3.8) is 0 Å². The van der Waals surface area contributed by atoms with E-state index in [0.717, 1.165) is 28.8 Å². The van der Waals surface area contributed by atoms with Crippen LogP contribution in [-0.2, 0) is 25.5 Å². The zero-order valence-corrected chi connectivity index (χ0v) is 27.8. The third-order valence-corrected chi connectivity index (χ3v) is 12.4. The number of unbranched alkanes of at least 4 members (excludes halogenated alkanes) is 1. The van der Waals surface area contributed by atoms with Gasteiger partial charge in [-0.3, -0.25) is 14.4 Å². The van der Waals surface area contributed by atoms with Crippen LogP contribution < -0.4 is 4.90 Å². The van der Waals surface area contributed by atoms with Crippen LogP contribution in [0.1, 0.15) is 36.0 Å². The normalized spacial score (nSPS) is 27.6. The molecule has 5 rings (SSSR count). The Morgan fingerprint density at radius 2 is 1.95 bits per heavy atom. The van der Waals surface area contributed by atoms with Crippen molar-refractivity contribution < 1.29 is 24.2 Å². The molecule has 3 saturated heterocycles. The van der Waals surface area contributed by atoms with Crippen molar-refractivity contribution in [3.05, 3.63) is 90.5 Å². The predicted molar refractivity (Wildman–Crippen MR) is 179 cm³/mol. The van der Waals surface area contributed by atoms with E-state index >= 15 is 4.79 Å².